The fourth-order valence-corrected chi connectivity index (χ4v) is 3.37. The number of rotatable bonds is 2. The van der Waals surface area contributed by atoms with Crippen LogP contribution in [0.15, 0.2) is 11.3 Å². The monoisotopic (exact) mass is 270 g/mol. The Hall–Kier alpha value is -1.50. The van der Waals surface area contributed by atoms with Gasteiger partial charge < -0.3 is 10.1 Å². The highest BCUT2D eigenvalue weighted by Crippen LogP contribution is 2.40. The summed E-state index contributed by atoms with van der Waals surface area (Å²) >= 11 is 1.53. The number of ether oxygens (including phenoxy) is 1. The molecule has 2 aliphatic rings. The quantitative estimate of drug-likeness (QED) is 0.558. The molecule has 0 aliphatic carbocycles. The molecule has 0 saturated carbocycles. The van der Waals surface area contributed by atoms with Crippen molar-refractivity contribution in [1.29, 1.82) is 0 Å². The Bertz CT molecular complexity index is 460. The van der Waals surface area contributed by atoms with Crippen molar-refractivity contribution in [2.75, 3.05) is 12.9 Å². The van der Waals surface area contributed by atoms with Gasteiger partial charge in [-0.2, -0.15) is 0 Å². The van der Waals surface area contributed by atoms with Crippen molar-refractivity contribution in [3.63, 3.8) is 0 Å². The Balaban J connectivity index is 2.23. The second-order valence-electron chi connectivity index (χ2n) is 4.21. The lowest BCUT2D eigenvalue weighted by Crippen LogP contribution is -2.70. The summed E-state index contributed by atoms with van der Waals surface area (Å²) in [7, 11) is 1.29. The number of β-lactam (4-membered cyclic amide) rings is 1. The van der Waals surface area contributed by atoms with E-state index in [4.69, 9.17) is 4.74 Å². The van der Waals surface area contributed by atoms with Gasteiger partial charge in [0.2, 0.25) is 5.91 Å². The molecule has 6 nitrogen and oxygen atoms in total. The van der Waals surface area contributed by atoms with E-state index in [9.17, 15) is 14.4 Å². The number of methoxy groups -OCH3 is 1. The summed E-state index contributed by atoms with van der Waals surface area (Å²) < 4.78 is 4.69. The van der Waals surface area contributed by atoms with Crippen LogP contribution in [-0.4, -0.2) is 47.0 Å². The number of nitrogens with zero attached hydrogens (tertiary/aromatic N) is 1. The van der Waals surface area contributed by atoms with E-state index in [1.54, 1.807) is 6.92 Å². The normalized spacial score (nSPS) is 26.4. The molecule has 0 radical (unpaired) electrons. The van der Waals surface area contributed by atoms with Crippen molar-refractivity contribution in [1.82, 2.24) is 10.2 Å². The van der Waals surface area contributed by atoms with Gasteiger partial charge >= 0.3 is 5.97 Å². The van der Waals surface area contributed by atoms with Gasteiger partial charge in [-0.25, -0.2) is 4.79 Å². The molecule has 2 amide bonds. The first-order valence-corrected chi connectivity index (χ1v) is 6.52. The average molecular weight is 270 g/mol. The zero-order valence-electron chi connectivity index (χ0n) is 10.4. The Morgan fingerprint density at radius 1 is 1.50 bits per heavy atom. The van der Waals surface area contributed by atoms with Crippen LogP contribution in [0, 0.1) is 0 Å². The summed E-state index contributed by atoms with van der Waals surface area (Å²) in [5.74, 6) is -0.372. The summed E-state index contributed by atoms with van der Waals surface area (Å²) in [4.78, 5) is 36.1. The summed E-state index contributed by atoms with van der Waals surface area (Å²) in [5.41, 5.74) is 1.13. The van der Waals surface area contributed by atoms with Crippen molar-refractivity contribution in [3.05, 3.63) is 11.3 Å². The second kappa shape index (κ2) is 4.64. The first kappa shape index (κ1) is 12.9. The molecule has 0 spiro atoms. The maximum Gasteiger partial charge on any atom is 0.354 e. The highest BCUT2D eigenvalue weighted by atomic mass is 32.2. The van der Waals surface area contributed by atoms with E-state index in [0.717, 1.165) is 5.57 Å². The molecule has 1 saturated heterocycles. The van der Waals surface area contributed by atoms with E-state index in [1.807, 2.05) is 0 Å². The predicted molar refractivity (Wildman–Crippen MR) is 65.4 cm³/mol. The van der Waals surface area contributed by atoms with Crippen molar-refractivity contribution in [2.45, 2.75) is 25.3 Å². The summed E-state index contributed by atoms with van der Waals surface area (Å²) in [6.07, 6.45) is 0. The fourth-order valence-electron chi connectivity index (χ4n) is 2.08. The van der Waals surface area contributed by atoms with E-state index in [2.05, 4.69) is 5.32 Å². The molecule has 2 unspecified atom stereocenters. The summed E-state index contributed by atoms with van der Waals surface area (Å²) in [5, 5.41) is 2.39. The van der Waals surface area contributed by atoms with E-state index >= 15 is 0 Å². The number of esters is 1. The second-order valence-corrected chi connectivity index (χ2v) is 5.31. The number of nitrogens with one attached hydrogen (secondary N) is 1. The smallest absolute Gasteiger partial charge is 0.354 e. The fraction of sp³-hybridized carbons (Fsp3) is 0.545. The Morgan fingerprint density at radius 3 is 2.72 bits per heavy atom. The molecule has 0 bridgehead atoms. The Morgan fingerprint density at radius 2 is 2.17 bits per heavy atom. The molecule has 98 valence electrons. The molecule has 7 heteroatoms. The van der Waals surface area contributed by atoms with Crippen LogP contribution in [-0.2, 0) is 19.1 Å². The van der Waals surface area contributed by atoms with Gasteiger partial charge in [0, 0.05) is 12.7 Å². The molecule has 1 fully saturated rings. The van der Waals surface area contributed by atoms with Crippen LogP contribution in [0.5, 0.6) is 0 Å². The third-order valence-electron chi connectivity index (χ3n) is 2.90. The lowest BCUT2D eigenvalue weighted by atomic mass is 10.0. The molecule has 0 aromatic heterocycles. The third kappa shape index (κ3) is 1.88. The summed E-state index contributed by atoms with van der Waals surface area (Å²) in [6, 6.07) is -0.541. The lowest BCUT2D eigenvalue weighted by molar-refractivity contribution is -0.151. The molecule has 0 aromatic carbocycles. The highest BCUT2D eigenvalue weighted by Gasteiger charge is 2.53. The SMILES string of the molecule is COC(=O)C1=C(C)CSC2C(NC(C)=O)C(=O)N12. The zero-order chi connectivity index (χ0) is 13.4. The minimum Gasteiger partial charge on any atom is -0.464 e. The van der Waals surface area contributed by atoms with Crippen LogP contribution in [0.4, 0.5) is 0 Å². The molecular formula is C11H14N2O4S. The van der Waals surface area contributed by atoms with Crippen LogP contribution in [0.25, 0.3) is 0 Å². The van der Waals surface area contributed by atoms with Crippen molar-refractivity contribution < 1.29 is 19.1 Å². The first-order valence-electron chi connectivity index (χ1n) is 5.47. The average Bonchev–Trinajstić information content (AvgIpc) is 2.34. The van der Waals surface area contributed by atoms with Crippen molar-refractivity contribution >= 4 is 29.5 Å². The van der Waals surface area contributed by atoms with Crippen LogP contribution in [0.3, 0.4) is 0 Å². The molecular weight excluding hydrogens is 256 g/mol. The van der Waals surface area contributed by atoms with E-state index in [0.29, 0.717) is 11.4 Å². The van der Waals surface area contributed by atoms with Gasteiger partial charge in [0.25, 0.3) is 5.91 Å². The largest absolute Gasteiger partial charge is 0.464 e. The van der Waals surface area contributed by atoms with Gasteiger partial charge in [0.1, 0.15) is 17.1 Å². The van der Waals surface area contributed by atoms with Gasteiger partial charge in [0.05, 0.1) is 7.11 Å². The first-order chi connectivity index (χ1) is 8.47. The zero-order valence-corrected chi connectivity index (χ0v) is 11.2. The van der Waals surface area contributed by atoms with Gasteiger partial charge in [-0.05, 0) is 12.5 Å². The van der Waals surface area contributed by atoms with Crippen LogP contribution >= 0.6 is 11.8 Å². The van der Waals surface area contributed by atoms with Crippen molar-refractivity contribution in [2.24, 2.45) is 0 Å². The maximum absolute atomic E-state index is 12.0. The van der Waals surface area contributed by atoms with Gasteiger partial charge in [-0.15, -0.1) is 11.8 Å². The van der Waals surface area contributed by atoms with Crippen molar-refractivity contribution in [3.8, 4) is 0 Å². The number of carbonyl (C=O) groups excluding carboxylic acids is 3. The molecule has 2 aliphatic heterocycles. The topological polar surface area (TPSA) is 75.7 Å². The summed E-state index contributed by atoms with van der Waals surface area (Å²) in [6.45, 7) is 3.17. The number of fused-ring (bicyclic) bond motifs is 1. The molecule has 2 atom stereocenters. The molecule has 18 heavy (non-hydrogen) atoms. The van der Waals surface area contributed by atoms with E-state index in [1.165, 1.54) is 30.7 Å². The Kier molecular flexibility index (Phi) is 3.34. The molecule has 2 rings (SSSR count). The maximum atomic E-state index is 12.0. The van der Waals surface area contributed by atoms with Gasteiger partial charge in [0.15, 0.2) is 0 Å². The van der Waals surface area contributed by atoms with Crippen LogP contribution in [0.2, 0.25) is 0 Å². The molecule has 2 heterocycles. The minimum atomic E-state index is -0.541. The number of hydrogen-bond acceptors (Lipinski definition) is 5. The Labute approximate surface area is 109 Å². The predicted octanol–water partition coefficient (Wildman–Crippen LogP) is -0.147. The van der Waals surface area contributed by atoms with E-state index < -0.39 is 12.0 Å². The minimum absolute atomic E-state index is 0.209. The number of carbonyl (C=O) groups is 3. The molecule has 1 N–H and O–H groups in total. The molecule has 0 aromatic rings. The number of hydrogen-bond donors (Lipinski definition) is 1. The van der Waals surface area contributed by atoms with Gasteiger partial charge in [-0.1, -0.05) is 0 Å². The third-order valence-corrected chi connectivity index (χ3v) is 4.32. The lowest BCUT2D eigenvalue weighted by Gasteiger charge is -2.49. The highest BCUT2D eigenvalue weighted by molar-refractivity contribution is 8.00. The number of thioether (sulfide) groups is 1. The van der Waals surface area contributed by atoms with Crippen LogP contribution < -0.4 is 5.32 Å². The number of amides is 2. The van der Waals surface area contributed by atoms with Crippen LogP contribution in [0.1, 0.15) is 13.8 Å². The van der Waals surface area contributed by atoms with E-state index in [-0.39, 0.29) is 17.2 Å². The standard InChI is InChI=1S/C11H14N2O4S/c1-5-4-18-10-7(12-6(2)14)9(15)13(10)8(5)11(16)17-3/h7,10H,4H2,1-3H3,(H,12,14). The van der Waals surface area contributed by atoms with Gasteiger partial charge in [-0.3, -0.25) is 14.5 Å².